The average Bonchev–Trinajstić information content (AvgIpc) is 3.01. The number of rotatable bonds is 10. The Morgan fingerprint density at radius 2 is 2.17 bits per heavy atom. The van der Waals surface area contributed by atoms with Crippen molar-refractivity contribution in [1.29, 1.82) is 0 Å². The van der Waals surface area contributed by atoms with Gasteiger partial charge in [-0.3, -0.25) is 4.99 Å². The van der Waals surface area contributed by atoms with E-state index in [9.17, 15) is 5.11 Å². The second-order valence-electron chi connectivity index (χ2n) is 6.64. The number of aliphatic hydroxyl groups is 1. The molecule has 0 bridgehead atoms. The van der Waals surface area contributed by atoms with Crippen LogP contribution in [0.5, 0.6) is 0 Å². The van der Waals surface area contributed by atoms with Crippen LogP contribution < -0.4 is 10.6 Å². The van der Waals surface area contributed by atoms with E-state index in [2.05, 4.69) is 43.4 Å². The molecule has 0 aromatic rings. The molecule has 6 nitrogen and oxygen atoms in total. The molecule has 0 saturated carbocycles. The van der Waals surface area contributed by atoms with Crippen molar-refractivity contribution in [3.05, 3.63) is 0 Å². The molecule has 1 saturated heterocycles. The van der Waals surface area contributed by atoms with Crippen LogP contribution in [0.2, 0.25) is 0 Å². The van der Waals surface area contributed by atoms with E-state index in [-0.39, 0.29) is 12.0 Å². The molecule has 136 valence electrons. The molecule has 2 atom stereocenters. The summed E-state index contributed by atoms with van der Waals surface area (Å²) in [6.07, 6.45) is 2.90. The highest BCUT2D eigenvalue weighted by molar-refractivity contribution is 5.79. The van der Waals surface area contributed by atoms with Crippen LogP contribution in [-0.2, 0) is 4.74 Å². The lowest BCUT2D eigenvalue weighted by Crippen LogP contribution is -2.43. The lowest BCUT2D eigenvalue weighted by Gasteiger charge is -2.26. The number of aliphatic imine (C=N–C) groups is 1. The van der Waals surface area contributed by atoms with E-state index in [1.54, 1.807) is 0 Å². The zero-order chi connectivity index (χ0) is 17.1. The standard InChI is InChI=1S/C17H36N4O2/c1-5-15(3)21(4)10-9-19-16(18-6-2)20-13-17(7-11-22)8-12-23-14-17/h15,22H,5-14H2,1-4H3,(H2,18,19,20). The molecular weight excluding hydrogens is 292 g/mol. The van der Waals surface area contributed by atoms with Crippen LogP contribution in [0.1, 0.15) is 40.0 Å². The number of hydrogen-bond acceptors (Lipinski definition) is 4. The molecule has 1 fully saturated rings. The minimum absolute atomic E-state index is 0.00458. The SMILES string of the molecule is CCNC(=NCC1(CCO)CCOC1)NCCN(C)C(C)CC. The maximum atomic E-state index is 9.30. The first kappa shape index (κ1) is 20.2. The molecule has 0 radical (unpaired) electrons. The predicted molar refractivity (Wildman–Crippen MR) is 95.9 cm³/mol. The molecule has 0 aromatic heterocycles. The van der Waals surface area contributed by atoms with Gasteiger partial charge in [0.15, 0.2) is 5.96 Å². The Labute approximate surface area is 141 Å². The quantitative estimate of drug-likeness (QED) is 0.413. The van der Waals surface area contributed by atoms with Crippen molar-refractivity contribution < 1.29 is 9.84 Å². The Bertz CT molecular complexity index is 343. The van der Waals surface area contributed by atoms with Gasteiger partial charge in [0, 0.05) is 44.3 Å². The fourth-order valence-corrected chi connectivity index (χ4v) is 2.76. The van der Waals surface area contributed by atoms with Crippen molar-refractivity contribution in [2.75, 3.05) is 53.0 Å². The van der Waals surface area contributed by atoms with Crippen LogP contribution in [0.25, 0.3) is 0 Å². The van der Waals surface area contributed by atoms with E-state index in [0.29, 0.717) is 19.2 Å². The largest absolute Gasteiger partial charge is 0.396 e. The lowest BCUT2D eigenvalue weighted by atomic mass is 9.84. The smallest absolute Gasteiger partial charge is 0.191 e. The van der Waals surface area contributed by atoms with Gasteiger partial charge in [-0.2, -0.15) is 0 Å². The summed E-state index contributed by atoms with van der Waals surface area (Å²) in [5, 5.41) is 16.0. The molecule has 1 heterocycles. The van der Waals surface area contributed by atoms with E-state index < -0.39 is 0 Å². The molecule has 6 heteroatoms. The van der Waals surface area contributed by atoms with Crippen molar-refractivity contribution in [2.45, 2.75) is 46.1 Å². The minimum Gasteiger partial charge on any atom is -0.396 e. The molecule has 3 N–H and O–H groups in total. The van der Waals surface area contributed by atoms with Gasteiger partial charge in [-0.1, -0.05) is 6.92 Å². The summed E-state index contributed by atoms with van der Waals surface area (Å²) in [5.74, 6) is 0.856. The van der Waals surface area contributed by atoms with Crippen LogP contribution >= 0.6 is 0 Å². The number of aliphatic hydroxyl groups excluding tert-OH is 1. The fraction of sp³-hybridized carbons (Fsp3) is 0.941. The van der Waals surface area contributed by atoms with Crippen molar-refractivity contribution >= 4 is 5.96 Å². The number of nitrogens with zero attached hydrogens (tertiary/aromatic N) is 2. The number of likely N-dealkylation sites (N-methyl/N-ethyl adjacent to an activating group) is 1. The third-order valence-corrected chi connectivity index (χ3v) is 4.84. The monoisotopic (exact) mass is 328 g/mol. The Morgan fingerprint density at radius 3 is 2.74 bits per heavy atom. The second-order valence-corrected chi connectivity index (χ2v) is 6.64. The van der Waals surface area contributed by atoms with Crippen LogP contribution in [0.15, 0.2) is 4.99 Å². The van der Waals surface area contributed by atoms with Gasteiger partial charge in [-0.05, 0) is 40.2 Å². The summed E-state index contributed by atoms with van der Waals surface area (Å²) in [6, 6.07) is 0.597. The first-order chi connectivity index (χ1) is 11.1. The first-order valence-electron chi connectivity index (χ1n) is 8.98. The number of nitrogens with one attached hydrogen (secondary N) is 2. The highest BCUT2D eigenvalue weighted by Crippen LogP contribution is 2.32. The highest BCUT2D eigenvalue weighted by atomic mass is 16.5. The summed E-state index contributed by atoms with van der Waals surface area (Å²) >= 11 is 0. The average molecular weight is 329 g/mol. The summed E-state index contributed by atoms with van der Waals surface area (Å²) in [6.45, 7) is 11.6. The highest BCUT2D eigenvalue weighted by Gasteiger charge is 2.34. The van der Waals surface area contributed by atoms with Gasteiger partial charge in [0.1, 0.15) is 0 Å². The summed E-state index contributed by atoms with van der Waals surface area (Å²) < 4.78 is 5.53. The summed E-state index contributed by atoms with van der Waals surface area (Å²) in [4.78, 5) is 7.09. The van der Waals surface area contributed by atoms with Crippen LogP contribution in [0.4, 0.5) is 0 Å². The summed E-state index contributed by atoms with van der Waals surface area (Å²) in [7, 11) is 2.16. The summed E-state index contributed by atoms with van der Waals surface area (Å²) in [5.41, 5.74) is 0.00458. The normalized spacial score (nSPS) is 23.3. The maximum absolute atomic E-state index is 9.30. The molecule has 0 aliphatic carbocycles. The molecule has 0 aromatic carbocycles. The van der Waals surface area contributed by atoms with Crippen molar-refractivity contribution in [2.24, 2.45) is 10.4 Å². The Kier molecular flexibility index (Phi) is 9.52. The number of hydrogen-bond donors (Lipinski definition) is 3. The van der Waals surface area contributed by atoms with Crippen molar-refractivity contribution in [3.8, 4) is 0 Å². The maximum Gasteiger partial charge on any atom is 0.191 e. The Hall–Kier alpha value is -0.850. The Balaban J connectivity index is 2.49. The van der Waals surface area contributed by atoms with Gasteiger partial charge in [0.2, 0.25) is 0 Å². The third kappa shape index (κ3) is 7.06. The Morgan fingerprint density at radius 1 is 1.39 bits per heavy atom. The zero-order valence-corrected chi connectivity index (χ0v) is 15.4. The zero-order valence-electron chi connectivity index (χ0n) is 15.4. The number of guanidine groups is 1. The molecular formula is C17H36N4O2. The molecule has 1 aliphatic rings. The fourth-order valence-electron chi connectivity index (χ4n) is 2.76. The molecule has 23 heavy (non-hydrogen) atoms. The molecule has 2 unspecified atom stereocenters. The second kappa shape index (κ2) is 10.8. The van der Waals surface area contributed by atoms with E-state index in [1.165, 1.54) is 0 Å². The molecule has 0 spiro atoms. The van der Waals surface area contributed by atoms with Gasteiger partial charge in [0.25, 0.3) is 0 Å². The van der Waals surface area contributed by atoms with Crippen LogP contribution in [0.3, 0.4) is 0 Å². The molecule has 1 rings (SSSR count). The van der Waals surface area contributed by atoms with E-state index >= 15 is 0 Å². The minimum atomic E-state index is 0.00458. The van der Waals surface area contributed by atoms with Gasteiger partial charge in [-0.25, -0.2) is 0 Å². The van der Waals surface area contributed by atoms with E-state index in [0.717, 1.165) is 51.5 Å². The third-order valence-electron chi connectivity index (χ3n) is 4.84. The van der Waals surface area contributed by atoms with Crippen LogP contribution in [-0.4, -0.2) is 75.1 Å². The van der Waals surface area contributed by atoms with Gasteiger partial charge in [-0.15, -0.1) is 0 Å². The lowest BCUT2D eigenvalue weighted by molar-refractivity contribution is 0.131. The molecule has 1 aliphatic heterocycles. The topological polar surface area (TPSA) is 69.1 Å². The van der Waals surface area contributed by atoms with Gasteiger partial charge >= 0.3 is 0 Å². The van der Waals surface area contributed by atoms with Crippen molar-refractivity contribution in [1.82, 2.24) is 15.5 Å². The van der Waals surface area contributed by atoms with E-state index in [4.69, 9.17) is 9.73 Å². The predicted octanol–water partition coefficient (Wildman–Crippen LogP) is 1.06. The van der Waals surface area contributed by atoms with E-state index in [1.807, 2.05) is 0 Å². The van der Waals surface area contributed by atoms with Crippen LogP contribution in [0, 0.1) is 5.41 Å². The van der Waals surface area contributed by atoms with Gasteiger partial charge in [0.05, 0.1) is 13.2 Å². The molecule has 0 amide bonds. The first-order valence-corrected chi connectivity index (χ1v) is 8.98. The number of ether oxygens (including phenoxy) is 1. The van der Waals surface area contributed by atoms with Crippen molar-refractivity contribution in [3.63, 3.8) is 0 Å². The van der Waals surface area contributed by atoms with Gasteiger partial charge < -0.3 is 25.4 Å².